The molecule has 1 N–H and O–H groups in total. The van der Waals surface area contributed by atoms with Crippen LogP contribution in [0, 0.1) is 0 Å². The van der Waals surface area contributed by atoms with Gasteiger partial charge in [0.05, 0.1) is 0 Å². The molecule has 10 nitrogen and oxygen atoms in total. The minimum atomic E-state index is -5.11. The molecule has 0 aliphatic carbocycles. The molecule has 0 aromatic carbocycles. The van der Waals surface area contributed by atoms with E-state index in [2.05, 4.69) is 18.0 Å². The molecule has 0 aromatic heterocycles. The zero-order chi connectivity index (χ0) is 9.83. The Labute approximate surface area is 115 Å². The van der Waals surface area contributed by atoms with Crippen LogP contribution in [0.3, 0.4) is 0 Å². The van der Waals surface area contributed by atoms with Gasteiger partial charge in [0.2, 0.25) is 0 Å². The molecule has 0 saturated carbocycles. The summed E-state index contributed by atoms with van der Waals surface area (Å²) < 4.78 is 55.6. The first-order chi connectivity index (χ1) is 5.27. The van der Waals surface area contributed by atoms with E-state index in [0.29, 0.717) is 0 Å². The van der Waals surface area contributed by atoms with E-state index >= 15 is 0 Å². The van der Waals surface area contributed by atoms with Crippen molar-refractivity contribution in [3.05, 3.63) is 0 Å². The first-order valence-electron chi connectivity index (χ1n) is 1.85. The van der Waals surface area contributed by atoms with E-state index in [1.165, 1.54) is 0 Å². The van der Waals surface area contributed by atoms with Crippen molar-refractivity contribution < 1.29 is 96.1 Å². The van der Waals surface area contributed by atoms with Crippen LogP contribution in [0.15, 0.2) is 0 Å². The van der Waals surface area contributed by atoms with Gasteiger partial charge in [-0.1, -0.05) is 13.0 Å². The Morgan fingerprint density at radius 1 is 1.00 bits per heavy atom. The van der Waals surface area contributed by atoms with Crippen molar-refractivity contribution in [1.29, 1.82) is 0 Å². The predicted molar refractivity (Wildman–Crippen MR) is 24.8 cm³/mol. The van der Waals surface area contributed by atoms with Crippen LogP contribution in [0.1, 0.15) is 0 Å². The Morgan fingerprint density at radius 3 is 1.77 bits per heavy atom. The van der Waals surface area contributed by atoms with Crippen molar-refractivity contribution in [3.8, 4) is 0 Å². The molecule has 0 aliphatic rings. The molecule has 74 valence electrons. The van der Waals surface area contributed by atoms with Gasteiger partial charge in [0.25, 0.3) is 0 Å². The molecule has 0 unspecified atom stereocenters. The van der Waals surface area contributed by atoms with Crippen molar-refractivity contribution in [2.24, 2.45) is 0 Å². The Balaban J connectivity index is 0. The van der Waals surface area contributed by atoms with Crippen LogP contribution in [0.5, 0.6) is 0 Å². The van der Waals surface area contributed by atoms with E-state index in [-0.39, 0.29) is 51.4 Å². The van der Waals surface area contributed by atoms with Gasteiger partial charge in [0.1, 0.15) is 0 Å². The standard InChI is InChI=1S/K.H2O10S2/c;1-7-8-12(5,6)10-9-11(2,3)4/h;1H,(H,2,3,4)/q+1;/p-1. The van der Waals surface area contributed by atoms with Crippen LogP contribution in [-0.4, -0.2) is 21.4 Å². The molecule has 13 heteroatoms. The van der Waals surface area contributed by atoms with E-state index in [9.17, 15) is 16.8 Å². The Kier molecular flexibility index (Phi) is 8.64. The second-order valence-electron chi connectivity index (χ2n) is 1.11. The van der Waals surface area contributed by atoms with Gasteiger partial charge < -0.3 is 5.26 Å². The Hall–Kier alpha value is 1.30. The quantitative estimate of drug-likeness (QED) is 0.220. The first kappa shape index (κ1) is 16.7. The average Bonchev–Trinajstić information content (AvgIpc) is 1.83. The van der Waals surface area contributed by atoms with E-state index in [0.717, 1.165) is 0 Å². The smallest absolute Gasteiger partial charge is 0.691 e. The molecule has 0 saturated heterocycles. The summed E-state index contributed by atoms with van der Waals surface area (Å²) in [6.07, 6.45) is 0. The predicted octanol–water partition coefficient (Wildman–Crippen LogP) is -5.79. The van der Waals surface area contributed by atoms with Gasteiger partial charge in [-0.15, -0.1) is 0 Å². The van der Waals surface area contributed by atoms with Crippen molar-refractivity contribution in [2.45, 2.75) is 0 Å². The maximum atomic E-state index is 10.0. The summed E-state index contributed by atoms with van der Waals surface area (Å²) in [4.78, 5) is 0. The van der Waals surface area contributed by atoms with Crippen molar-refractivity contribution in [3.63, 3.8) is 0 Å². The van der Waals surface area contributed by atoms with Crippen molar-refractivity contribution in [2.75, 3.05) is 0 Å². The van der Waals surface area contributed by atoms with Crippen LogP contribution >= 0.6 is 0 Å². The maximum Gasteiger partial charge on any atom is 1.00 e. The fourth-order valence-corrected chi connectivity index (χ4v) is 0.758. The fraction of sp³-hybridized carbons (Fsp3) is 0. The molecular weight excluding hydrogens is 263 g/mol. The Bertz CT molecular complexity index is 307. The zero-order valence-electron chi connectivity index (χ0n) is 5.94. The normalized spacial score (nSPS) is 12.2. The summed E-state index contributed by atoms with van der Waals surface area (Å²) in [5, 5.41) is 11.4. The summed E-state index contributed by atoms with van der Waals surface area (Å²) in [6.45, 7) is 0. The maximum absolute atomic E-state index is 10.0. The third kappa shape index (κ3) is 11.2. The molecule has 0 spiro atoms. The number of rotatable bonds is 5. The molecule has 0 rings (SSSR count). The molecule has 0 heterocycles. The molecule has 0 aromatic rings. The van der Waals surface area contributed by atoms with Gasteiger partial charge in [0.15, 0.2) is 0 Å². The summed E-state index contributed by atoms with van der Waals surface area (Å²) in [5.41, 5.74) is 0. The second kappa shape index (κ2) is 6.72. The molecule has 0 atom stereocenters. The molecule has 0 bridgehead atoms. The summed E-state index contributed by atoms with van der Waals surface area (Å²) in [5.74, 6) is 0. The van der Waals surface area contributed by atoms with E-state index in [1.54, 1.807) is 0 Å². The fourth-order valence-electron chi connectivity index (χ4n) is 0.114. The molecule has 0 amide bonds. The zero-order valence-corrected chi connectivity index (χ0v) is 10.7. The van der Waals surface area contributed by atoms with Crippen LogP contribution < -0.4 is 56.6 Å². The number of hydrogen-bond donors (Lipinski definition) is 1. The van der Waals surface area contributed by atoms with Gasteiger partial charge in [-0.25, -0.2) is 0 Å². The third-order valence-corrected chi connectivity index (χ3v) is 1.09. The largest absolute Gasteiger partial charge is 1.00 e. The van der Waals surface area contributed by atoms with Gasteiger partial charge >= 0.3 is 72.2 Å². The molecule has 0 aliphatic heterocycles. The monoisotopic (exact) mass is 264 g/mol. The van der Waals surface area contributed by atoms with Crippen molar-refractivity contribution in [1.82, 2.24) is 0 Å². The summed E-state index contributed by atoms with van der Waals surface area (Å²) >= 11 is 0. The Morgan fingerprint density at radius 2 is 1.46 bits per heavy atom. The summed E-state index contributed by atoms with van der Waals surface area (Å²) in [6, 6.07) is 0. The van der Waals surface area contributed by atoms with Crippen LogP contribution in [0.2, 0.25) is 0 Å². The number of hydrogen-bond acceptors (Lipinski definition) is 9. The summed E-state index contributed by atoms with van der Waals surface area (Å²) in [7, 11) is -10.2. The minimum absolute atomic E-state index is 0. The van der Waals surface area contributed by atoms with E-state index in [1.807, 2.05) is 0 Å². The topological polar surface area (TPSA) is 148 Å². The molecule has 13 heavy (non-hydrogen) atoms. The van der Waals surface area contributed by atoms with Gasteiger partial charge in [-0.3, -0.25) is 9.59 Å². The van der Waals surface area contributed by atoms with Gasteiger partial charge in [-0.05, 0) is 0 Å². The third-order valence-electron chi connectivity index (χ3n) is 0.308. The van der Waals surface area contributed by atoms with Gasteiger partial charge in [0, 0.05) is 0 Å². The van der Waals surface area contributed by atoms with Gasteiger partial charge in [-0.2, -0.15) is 16.8 Å². The first-order valence-corrected chi connectivity index (χ1v) is 4.55. The molecule has 0 fully saturated rings. The van der Waals surface area contributed by atoms with Crippen LogP contribution in [0.4, 0.5) is 0 Å². The van der Waals surface area contributed by atoms with Crippen molar-refractivity contribution >= 4 is 20.8 Å². The van der Waals surface area contributed by atoms with Crippen LogP contribution in [0.25, 0.3) is 0 Å². The molecule has 0 radical (unpaired) electrons. The SMILES string of the molecule is O=S(=O)(O)OOS(=O)(=O)OO[O-].[K+]. The minimum Gasteiger partial charge on any atom is -0.691 e. The van der Waals surface area contributed by atoms with Crippen LogP contribution in [-0.2, 0) is 38.8 Å². The van der Waals surface area contributed by atoms with E-state index in [4.69, 9.17) is 9.81 Å². The second-order valence-corrected chi connectivity index (χ2v) is 3.19. The molecular formula is HKO10S2. The van der Waals surface area contributed by atoms with E-state index < -0.39 is 20.8 Å². The average molecular weight is 264 g/mol.